The summed E-state index contributed by atoms with van der Waals surface area (Å²) in [6.07, 6.45) is 14.7. The zero-order chi connectivity index (χ0) is 27.6. The fraction of sp³-hybridized carbons (Fsp3) is 0.100. The Kier molecular flexibility index (Phi) is 5.18. The molecule has 0 amide bonds. The van der Waals surface area contributed by atoms with Crippen molar-refractivity contribution in [1.29, 1.82) is 0 Å². The number of hydrogen-bond donors (Lipinski definition) is 0. The van der Waals surface area contributed by atoms with Crippen LogP contribution in [0.4, 0.5) is 11.4 Å². The first-order valence-electron chi connectivity index (χ1n) is 15.0. The Morgan fingerprint density at radius 2 is 1.50 bits per heavy atom. The first-order valence-corrected chi connectivity index (χ1v) is 15.0. The van der Waals surface area contributed by atoms with Crippen LogP contribution in [0.5, 0.6) is 0 Å². The van der Waals surface area contributed by atoms with Gasteiger partial charge in [0.15, 0.2) is 0 Å². The third-order valence-electron chi connectivity index (χ3n) is 9.33. The predicted molar refractivity (Wildman–Crippen MR) is 178 cm³/mol. The summed E-state index contributed by atoms with van der Waals surface area (Å²) in [5.41, 5.74) is 13.2. The van der Waals surface area contributed by atoms with Crippen LogP contribution in [0, 0.1) is 0 Å². The minimum absolute atomic E-state index is 0.312. The van der Waals surface area contributed by atoms with Crippen molar-refractivity contribution < 1.29 is 0 Å². The molecule has 0 bridgehead atoms. The monoisotopic (exact) mass is 538 g/mol. The van der Waals surface area contributed by atoms with E-state index in [2.05, 4.69) is 149 Å². The van der Waals surface area contributed by atoms with Crippen LogP contribution in [-0.2, 0) is 6.42 Å². The molecule has 2 heteroatoms. The van der Waals surface area contributed by atoms with Crippen LogP contribution >= 0.6 is 0 Å². The first kappa shape index (κ1) is 23.6. The summed E-state index contributed by atoms with van der Waals surface area (Å²) in [6, 6.07) is 40.7. The highest BCUT2D eigenvalue weighted by atomic mass is 15.2. The number of allylic oxidation sites excluding steroid dienone is 3. The zero-order valence-electron chi connectivity index (χ0n) is 23.4. The van der Waals surface area contributed by atoms with Crippen molar-refractivity contribution in [1.82, 2.24) is 4.57 Å². The maximum Gasteiger partial charge on any atom is 0.0633 e. The summed E-state index contributed by atoms with van der Waals surface area (Å²) < 4.78 is 2.43. The number of fused-ring (bicyclic) bond motifs is 7. The topological polar surface area (TPSA) is 8.17 Å². The van der Waals surface area contributed by atoms with Gasteiger partial charge in [-0.2, -0.15) is 0 Å². The highest BCUT2D eigenvalue weighted by Crippen LogP contribution is 2.50. The highest BCUT2D eigenvalue weighted by molar-refractivity contribution is 6.03. The van der Waals surface area contributed by atoms with Gasteiger partial charge < -0.3 is 9.47 Å². The van der Waals surface area contributed by atoms with Gasteiger partial charge in [0.2, 0.25) is 0 Å². The second-order valence-electron chi connectivity index (χ2n) is 11.6. The highest BCUT2D eigenvalue weighted by Gasteiger charge is 2.35. The number of para-hydroxylation sites is 1. The minimum atomic E-state index is 0.312. The molecule has 0 N–H and O–H groups in total. The standard InChI is InChI=1S/C40H30N2/c1-2-13-30(14-3-1)41-37-18-8-6-16-32(37)34-25-28(21-23-39(34)41)29-22-24-40-35(26-29)33-17-7-9-19-38(33)42(40)36-20-10-12-27-11-4-5-15-31(27)36/h1-5,7-15,17-18,20-26,38H,6,16,19H2. The van der Waals surface area contributed by atoms with Gasteiger partial charge in [0.1, 0.15) is 0 Å². The van der Waals surface area contributed by atoms with E-state index in [0.29, 0.717) is 6.04 Å². The van der Waals surface area contributed by atoms with Gasteiger partial charge in [-0.15, -0.1) is 0 Å². The Balaban J connectivity index is 1.20. The van der Waals surface area contributed by atoms with Crippen LogP contribution < -0.4 is 4.90 Å². The fourth-order valence-electron chi connectivity index (χ4n) is 7.44. The number of aromatic nitrogens is 1. The number of rotatable bonds is 3. The molecule has 3 aliphatic rings. The van der Waals surface area contributed by atoms with Crippen molar-refractivity contribution in [3.8, 4) is 16.8 Å². The van der Waals surface area contributed by atoms with Gasteiger partial charge in [-0.3, -0.25) is 0 Å². The molecule has 0 spiro atoms. The summed E-state index contributed by atoms with van der Waals surface area (Å²) in [6.45, 7) is 0. The number of nitrogens with zero attached hydrogens (tertiary/aromatic N) is 2. The Morgan fingerprint density at radius 1 is 0.667 bits per heavy atom. The molecule has 1 aromatic heterocycles. The number of anilines is 2. The van der Waals surface area contributed by atoms with Gasteiger partial charge in [0, 0.05) is 39.1 Å². The van der Waals surface area contributed by atoms with Crippen LogP contribution in [0.15, 0.2) is 133 Å². The molecule has 6 aromatic rings. The molecule has 1 aliphatic heterocycles. The molecule has 1 unspecified atom stereocenters. The van der Waals surface area contributed by atoms with Crippen molar-refractivity contribution in [2.75, 3.05) is 4.90 Å². The Labute approximate surface area is 246 Å². The molecule has 2 heterocycles. The smallest absolute Gasteiger partial charge is 0.0633 e. The SMILES string of the molecule is C1=CCC2C(=C1)c1cc(-c3ccc4c(c3)c3c(n4-c4ccccc4)C=CCC3)ccc1N2c1cccc2ccccc12. The van der Waals surface area contributed by atoms with Gasteiger partial charge in [-0.05, 0) is 95.5 Å². The lowest BCUT2D eigenvalue weighted by molar-refractivity contribution is 0.832. The number of aryl methyl sites for hydroxylation is 1. The van der Waals surface area contributed by atoms with Gasteiger partial charge in [-0.25, -0.2) is 0 Å². The first-order chi connectivity index (χ1) is 20.8. The van der Waals surface area contributed by atoms with Crippen molar-refractivity contribution in [3.05, 3.63) is 150 Å². The van der Waals surface area contributed by atoms with Gasteiger partial charge in [0.25, 0.3) is 0 Å². The molecule has 0 fully saturated rings. The third kappa shape index (κ3) is 3.45. The second-order valence-corrected chi connectivity index (χ2v) is 11.6. The van der Waals surface area contributed by atoms with Gasteiger partial charge in [0.05, 0.1) is 11.6 Å². The van der Waals surface area contributed by atoms with E-state index in [1.54, 1.807) is 0 Å². The summed E-state index contributed by atoms with van der Waals surface area (Å²) in [4.78, 5) is 2.57. The molecule has 2 nitrogen and oxygen atoms in total. The van der Waals surface area contributed by atoms with Crippen molar-refractivity contribution in [3.63, 3.8) is 0 Å². The number of benzene rings is 5. The molecule has 9 rings (SSSR count). The van der Waals surface area contributed by atoms with Crippen LogP contribution in [0.1, 0.15) is 29.7 Å². The normalized spacial score (nSPS) is 16.9. The summed E-state index contributed by atoms with van der Waals surface area (Å²) >= 11 is 0. The van der Waals surface area contributed by atoms with E-state index in [-0.39, 0.29) is 0 Å². The predicted octanol–water partition coefficient (Wildman–Crippen LogP) is 10.3. The molecule has 0 radical (unpaired) electrons. The molecular weight excluding hydrogens is 508 g/mol. The molecule has 42 heavy (non-hydrogen) atoms. The van der Waals surface area contributed by atoms with Crippen LogP contribution in [0.25, 0.3) is 50.1 Å². The van der Waals surface area contributed by atoms with E-state index in [1.165, 1.54) is 72.3 Å². The molecule has 2 aliphatic carbocycles. The van der Waals surface area contributed by atoms with E-state index >= 15 is 0 Å². The van der Waals surface area contributed by atoms with E-state index in [1.807, 2.05) is 0 Å². The second kappa shape index (κ2) is 9.22. The maximum atomic E-state index is 2.57. The number of hydrogen-bond acceptors (Lipinski definition) is 1. The van der Waals surface area contributed by atoms with E-state index in [4.69, 9.17) is 0 Å². The average molecular weight is 539 g/mol. The van der Waals surface area contributed by atoms with Crippen LogP contribution in [0.3, 0.4) is 0 Å². The zero-order valence-corrected chi connectivity index (χ0v) is 23.4. The fourth-order valence-corrected chi connectivity index (χ4v) is 7.44. The quantitative estimate of drug-likeness (QED) is 0.218. The third-order valence-corrected chi connectivity index (χ3v) is 9.33. The molecule has 0 saturated heterocycles. The Hall–Kier alpha value is -5.08. The lowest BCUT2D eigenvalue weighted by Gasteiger charge is -2.29. The summed E-state index contributed by atoms with van der Waals surface area (Å²) in [5.74, 6) is 0. The van der Waals surface area contributed by atoms with E-state index in [9.17, 15) is 0 Å². The summed E-state index contributed by atoms with van der Waals surface area (Å²) in [7, 11) is 0. The largest absolute Gasteiger partial charge is 0.332 e. The maximum absolute atomic E-state index is 2.57. The molecule has 1 atom stereocenters. The molecular formula is C40H30N2. The average Bonchev–Trinajstić information content (AvgIpc) is 3.57. The lowest BCUT2D eigenvalue weighted by atomic mass is 9.93. The Bertz CT molecular complexity index is 2120. The Morgan fingerprint density at radius 3 is 2.45 bits per heavy atom. The van der Waals surface area contributed by atoms with Crippen LogP contribution in [0.2, 0.25) is 0 Å². The molecule has 5 aromatic carbocycles. The summed E-state index contributed by atoms with van der Waals surface area (Å²) in [5, 5.41) is 3.95. The van der Waals surface area contributed by atoms with Gasteiger partial charge >= 0.3 is 0 Å². The van der Waals surface area contributed by atoms with E-state index in [0.717, 1.165) is 19.3 Å². The van der Waals surface area contributed by atoms with E-state index < -0.39 is 0 Å². The molecule has 200 valence electrons. The van der Waals surface area contributed by atoms with Gasteiger partial charge in [-0.1, -0.05) is 91.0 Å². The molecule has 0 saturated carbocycles. The minimum Gasteiger partial charge on any atom is -0.332 e. The van der Waals surface area contributed by atoms with Crippen LogP contribution in [-0.4, -0.2) is 10.6 Å². The van der Waals surface area contributed by atoms with Crippen molar-refractivity contribution in [2.45, 2.75) is 25.3 Å². The van der Waals surface area contributed by atoms with Crippen molar-refractivity contribution >= 4 is 44.7 Å². The van der Waals surface area contributed by atoms with Crippen molar-refractivity contribution in [2.24, 2.45) is 0 Å². The lowest BCUT2D eigenvalue weighted by Crippen LogP contribution is -2.27.